The number of fused-ring (bicyclic) bond motifs is 2. The SMILES string of the molecule is O=C(O)CN1C(=O)C2(CC(=O)C(CCc3cnc(Cl)cc3Cl)CCC2=O)c2cc(Cl)ccc21. The van der Waals surface area contributed by atoms with Crippen LogP contribution in [0.15, 0.2) is 30.5 Å². The molecule has 1 aromatic heterocycles. The molecule has 1 fully saturated rings. The molecule has 4 rings (SSSR count). The number of Topliss-reactive ketones (excluding diaryl/α,β-unsaturated/α-hetero) is 2. The number of aromatic nitrogens is 1. The second-order valence-corrected chi connectivity index (χ2v) is 9.52. The molecule has 1 aromatic carbocycles. The number of ketones is 2. The quantitative estimate of drug-likeness (QED) is 0.476. The van der Waals surface area contributed by atoms with E-state index in [4.69, 9.17) is 34.8 Å². The summed E-state index contributed by atoms with van der Waals surface area (Å²) in [5, 5.41) is 10.3. The van der Waals surface area contributed by atoms with Gasteiger partial charge in [-0.1, -0.05) is 34.8 Å². The first-order valence-electron chi connectivity index (χ1n) is 10.3. The average molecular weight is 510 g/mol. The first kappa shape index (κ1) is 23.7. The van der Waals surface area contributed by atoms with E-state index in [9.17, 15) is 24.3 Å². The Morgan fingerprint density at radius 3 is 2.64 bits per heavy atom. The van der Waals surface area contributed by atoms with E-state index in [1.807, 2.05) is 0 Å². The smallest absolute Gasteiger partial charge is 0.323 e. The van der Waals surface area contributed by atoms with Crippen LogP contribution in [-0.2, 0) is 31.0 Å². The molecule has 2 unspecified atom stereocenters. The third-order valence-electron chi connectivity index (χ3n) is 6.36. The summed E-state index contributed by atoms with van der Waals surface area (Å²) in [4.78, 5) is 56.6. The minimum Gasteiger partial charge on any atom is -0.480 e. The number of rotatable bonds is 5. The molecule has 172 valence electrons. The van der Waals surface area contributed by atoms with E-state index in [0.29, 0.717) is 40.6 Å². The normalized spacial score (nSPS) is 22.6. The second kappa shape index (κ2) is 9.05. The van der Waals surface area contributed by atoms with Gasteiger partial charge in [-0.3, -0.25) is 24.1 Å². The Labute approximate surface area is 204 Å². The number of nitrogens with zero attached hydrogens (tertiary/aromatic N) is 2. The zero-order valence-electron chi connectivity index (χ0n) is 17.3. The van der Waals surface area contributed by atoms with Crippen LogP contribution in [0.4, 0.5) is 5.69 Å². The molecule has 7 nitrogen and oxygen atoms in total. The molecular weight excluding hydrogens is 491 g/mol. The van der Waals surface area contributed by atoms with Crippen LogP contribution in [-0.4, -0.2) is 40.1 Å². The van der Waals surface area contributed by atoms with E-state index >= 15 is 0 Å². The lowest BCUT2D eigenvalue weighted by Gasteiger charge is -2.25. The van der Waals surface area contributed by atoms with Gasteiger partial charge in [-0.25, -0.2) is 4.98 Å². The Hall–Kier alpha value is -2.48. The number of carboxylic acids is 1. The van der Waals surface area contributed by atoms with Crippen LogP contribution in [0.2, 0.25) is 15.2 Å². The van der Waals surface area contributed by atoms with Crippen LogP contribution in [0, 0.1) is 5.92 Å². The summed E-state index contributed by atoms with van der Waals surface area (Å²) in [5.41, 5.74) is -0.419. The fourth-order valence-electron chi connectivity index (χ4n) is 4.71. The number of pyridine rings is 1. The highest BCUT2D eigenvalue weighted by molar-refractivity contribution is 6.34. The Kier molecular flexibility index (Phi) is 6.49. The van der Waals surface area contributed by atoms with Crippen molar-refractivity contribution >= 4 is 63.9 Å². The van der Waals surface area contributed by atoms with Crippen molar-refractivity contribution in [3.05, 3.63) is 56.8 Å². The molecule has 1 amide bonds. The van der Waals surface area contributed by atoms with Gasteiger partial charge in [0.05, 0.1) is 0 Å². The molecule has 0 bridgehead atoms. The zero-order chi connectivity index (χ0) is 23.9. The molecule has 33 heavy (non-hydrogen) atoms. The van der Waals surface area contributed by atoms with Gasteiger partial charge in [0.1, 0.15) is 22.9 Å². The van der Waals surface area contributed by atoms with Crippen LogP contribution in [0.1, 0.15) is 36.8 Å². The molecule has 2 aromatic rings. The molecule has 0 saturated heterocycles. The lowest BCUT2D eigenvalue weighted by atomic mass is 9.73. The first-order chi connectivity index (χ1) is 15.6. The predicted molar refractivity (Wildman–Crippen MR) is 123 cm³/mol. The number of halogens is 3. The highest BCUT2D eigenvalue weighted by atomic mass is 35.5. The highest BCUT2D eigenvalue weighted by Crippen LogP contribution is 2.48. The molecule has 0 radical (unpaired) electrons. The highest BCUT2D eigenvalue weighted by Gasteiger charge is 2.58. The molecular formula is C23H19Cl3N2O5. The van der Waals surface area contributed by atoms with Gasteiger partial charge in [0.2, 0.25) is 5.91 Å². The zero-order valence-corrected chi connectivity index (χ0v) is 19.6. The number of amides is 1. The summed E-state index contributed by atoms with van der Waals surface area (Å²) in [6.45, 7) is -0.609. The number of carboxylic acid groups (broad SMARTS) is 1. The van der Waals surface area contributed by atoms with E-state index in [0.717, 1.165) is 10.5 Å². The van der Waals surface area contributed by atoms with Gasteiger partial charge in [-0.2, -0.15) is 0 Å². The van der Waals surface area contributed by atoms with E-state index < -0.39 is 35.5 Å². The fraction of sp³-hybridized carbons (Fsp3) is 0.348. The van der Waals surface area contributed by atoms with Gasteiger partial charge in [0, 0.05) is 46.3 Å². The maximum absolute atomic E-state index is 13.5. The van der Waals surface area contributed by atoms with Gasteiger partial charge in [-0.15, -0.1) is 0 Å². The summed E-state index contributed by atoms with van der Waals surface area (Å²) in [7, 11) is 0. The van der Waals surface area contributed by atoms with Gasteiger partial charge >= 0.3 is 5.97 Å². The number of carbonyl (C=O) groups excluding carboxylic acids is 3. The number of aryl methyl sites for hydroxylation is 1. The number of hydrogen-bond acceptors (Lipinski definition) is 5. The van der Waals surface area contributed by atoms with Crippen molar-refractivity contribution in [2.75, 3.05) is 11.4 Å². The van der Waals surface area contributed by atoms with Gasteiger partial charge in [0.15, 0.2) is 5.78 Å². The van der Waals surface area contributed by atoms with E-state index in [1.54, 1.807) is 6.20 Å². The lowest BCUT2D eigenvalue weighted by molar-refractivity contribution is -0.140. The van der Waals surface area contributed by atoms with Gasteiger partial charge < -0.3 is 5.11 Å². The predicted octanol–water partition coefficient (Wildman–Crippen LogP) is 4.28. The van der Waals surface area contributed by atoms with Crippen LogP contribution < -0.4 is 4.90 Å². The minimum absolute atomic E-state index is 0.0155. The van der Waals surface area contributed by atoms with Crippen molar-refractivity contribution in [1.82, 2.24) is 4.98 Å². The average Bonchev–Trinajstić information content (AvgIpc) is 2.88. The molecule has 2 heterocycles. The van der Waals surface area contributed by atoms with Crippen LogP contribution >= 0.6 is 34.8 Å². The summed E-state index contributed by atoms with van der Waals surface area (Å²) < 4.78 is 0. The van der Waals surface area contributed by atoms with Gasteiger partial charge in [0.25, 0.3) is 0 Å². The minimum atomic E-state index is -1.75. The first-order valence-corrected chi connectivity index (χ1v) is 11.5. The van der Waals surface area contributed by atoms with Crippen molar-refractivity contribution in [3.63, 3.8) is 0 Å². The van der Waals surface area contributed by atoms with Crippen molar-refractivity contribution in [2.24, 2.45) is 5.92 Å². The Balaban J connectivity index is 1.65. The van der Waals surface area contributed by atoms with E-state index in [2.05, 4.69) is 4.98 Å². The van der Waals surface area contributed by atoms with Crippen molar-refractivity contribution in [3.8, 4) is 0 Å². The lowest BCUT2D eigenvalue weighted by Crippen LogP contribution is -2.48. The number of benzene rings is 1. The third kappa shape index (κ3) is 4.25. The monoisotopic (exact) mass is 508 g/mol. The molecule has 1 aliphatic heterocycles. The standard InChI is InChI=1S/C23H19Cl3N2O5/c24-14-4-5-17-15(7-14)23(22(33)28(17)11-21(31)32)9-18(29)12(3-6-19(23)30)1-2-13-10-27-20(26)8-16(13)25/h4-5,7-8,10,12H,1-3,6,9,11H2,(H,31,32). The third-order valence-corrected chi connectivity index (χ3v) is 7.16. The molecule has 1 N–H and O–H groups in total. The van der Waals surface area contributed by atoms with Crippen molar-refractivity contribution in [1.29, 1.82) is 0 Å². The maximum atomic E-state index is 13.5. The summed E-state index contributed by atoms with van der Waals surface area (Å²) in [6.07, 6.45) is 2.43. The largest absolute Gasteiger partial charge is 0.480 e. The number of aliphatic carboxylic acids is 1. The molecule has 2 aliphatic rings. The Morgan fingerprint density at radius 1 is 1.18 bits per heavy atom. The fourth-order valence-corrected chi connectivity index (χ4v) is 5.34. The van der Waals surface area contributed by atoms with E-state index in [1.165, 1.54) is 24.3 Å². The number of carbonyl (C=O) groups is 4. The van der Waals surface area contributed by atoms with Crippen LogP contribution in [0.3, 0.4) is 0 Å². The second-order valence-electron chi connectivity index (χ2n) is 8.29. The molecule has 1 aliphatic carbocycles. The number of anilines is 1. The van der Waals surface area contributed by atoms with Gasteiger partial charge in [-0.05, 0) is 49.1 Å². The Bertz CT molecular complexity index is 1180. The molecule has 2 atom stereocenters. The molecule has 10 heteroatoms. The summed E-state index contributed by atoms with van der Waals surface area (Å²) in [6, 6.07) is 6.06. The number of hydrogen-bond donors (Lipinski definition) is 1. The summed E-state index contributed by atoms with van der Waals surface area (Å²) in [5.74, 6) is -2.99. The van der Waals surface area contributed by atoms with Crippen molar-refractivity contribution < 1.29 is 24.3 Å². The van der Waals surface area contributed by atoms with E-state index in [-0.39, 0.29) is 23.8 Å². The van der Waals surface area contributed by atoms with Crippen LogP contribution in [0.5, 0.6) is 0 Å². The van der Waals surface area contributed by atoms with Crippen molar-refractivity contribution in [2.45, 2.75) is 37.5 Å². The Morgan fingerprint density at radius 2 is 1.94 bits per heavy atom. The maximum Gasteiger partial charge on any atom is 0.323 e. The van der Waals surface area contributed by atoms with Crippen LogP contribution in [0.25, 0.3) is 0 Å². The topological polar surface area (TPSA) is 105 Å². The molecule has 1 spiro atoms. The molecule has 1 saturated carbocycles. The summed E-state index contributed by atoms with van der Waals surface area (Å²) >= 11 is 18.2.